The van der Waals surface area contributed by atoms with Crippen molar-refractivity contribution in [2.45, 2.75) is 38.6 Å². The maximum absolute atomic E-state index is 10.5. The SMILES string of the molecule is COC(CC(C)(O)CCOC(C)=O)OC. The molecule has 1 N–H and O–H groups in total. The predicted molar refractivity (Wildman–Crippen MR) is 54.3 cm³/mol. The molecule has 0 aliphatic rings. The van der Waals surface area contributed by atoms with Gasteiger partial charge < -0.3 is 19.3 Å². The van der Waals surface area contributed by atoms with Crippen molar-refractivity contribution in [3.63, 3.8) is 0 Å². The molecule has 0 aliphatic carbocycles. The molecule has 1 unspecified atom stereocenters. The Labute approximate surface area is 90.3 Å². The largest absolute Gasteiger partial charge is 0.466 e. The predicted octanol–water partition coefficient (Wildman–Crippen LogP) is 0.700. The van der Waals surface area contributed by atoms with Gasteiger partial charge in [0.1, 0.15) is 0 Å². The minimum absolute atomic E-state index is 0.197. The van der Waals surface area contributed by atoms with E-state index in [4.69, 9.17) is 14.2 Å². The van der Waals surface area contributed by atoms with Gasteiger partial charge >= 0.3 is 5.97 Å². The van der Waals surface area contributed by atoms with Crippen LogP contribution in [0, 0.1) is 0 Å². The maximum atomic E-state index is 10.5. The first kappa shape index (κ1) is 14.3. The van der Waals surface area contributed by atoms with E-state index >= 15 is 0 Å². The molecule has 0 fully saturated rings. The molecule has 0 amide bonds. The van der Waals surface area contributed by atoms with Crippen molar-refractivity contribution in [1.82, 2.24) is 0 Å². The van der Waals surface area contributed by atoms with Crippen LogP contribution < -0.4 is 0 Å². The molecule has 0 spiro atoms. The summed E-state index contributed by atoms with van der Waals surface area (Å²) in [6, 6.07) is 0. The van der Waals surface area contributed by atoms with Gasteiger partial charge in [0.05, 0.1) is 12.2 Å². The highest BCUT2D eigenvalue weighted by molar-refractivity contribution is 5.65. The smallest absolute Gasteiger partial charge is 0.302 e. The van der Waals surface area contributed by atoms with E-state index in [1.54, 1.807) is 6.92 Å². The Morgan fingerprint density at radius 2 is 1.93 bits per heavy atom. The van der Waals surface area contributed by atoms with Gasteiger partial charge in [-0.25, -0.2) is 0 Å². The van der Waals surface area contributed by atoms with Crippen molar-refractivity contribution in [3.8, 4) is 0 Å². The van der Waals surface area contributed by atoms with E-state index in [-0.39, 0.29) is 12.6 Å². The Morgan fingerprint density at radius 3 is 2.33 bits per heavy atom. The van der Waals surface area contributed by atoms with E-state index in [1.807, 2.05) is 0 Å². The van der Waals surface area contributed by atoms with Crippen LogP contribution >= 0.6 is 0 Å². The lowest BCUT2D eigenvalue weighted by Crippen LogP contribution is -2.33. The lowest BCUT2D eigenvalue weighted by molar-refractivity contribution is -0.150. The van der Waals surface area contributed by atoms with E-state index in [9.17, 15) is 9.90 Å². The molecule has 0 rings (SSSR count). The Hall–Kier alpha value is -0.650. The van der Waals surface area contributed by atoms with Crippen LogP contribution in [0.5, 0.6) is 0 Å². The zero-order chi connectivity index (χ0) is 11.9. The number of ether oxygens (including phenoxy) is 3. The molecule has 0 radical (unpaired) electrons. The van der Waals surface area contributed by atoms with Gasteiger partial charge in [-0.05, 0) is 6.92 Å². The highest BCUT2D eigenvalue weighted by atomic mass is 16.7. The van der Waals surface area contributed by atoms with E-state index in [1.165, 1.54) is 21.1 Å². The van der Waals surface area contributed by atoms with E-state index in [0.29, 0.717) is 12.8 Å². The molecule has 5 heteroatoms. The Balaban J connectivity index is 3.89. The average Bonchev–Trinajstić information content (AvgIpc) is 2.13. The summed E-state index contributed by atoms with van der Waals surface area (Å²) < 4.78 is 14.7. The molecular weight excluding hydrogens is 200 g/mol. The molecular formula is C10H20O5. The van der Waals surface area contributed by atoms with E-state index in [0.717, 1.165) is 0 Å². The molecule has 0 saturated heterocycles. The molecule has 0 aliphatic heterocycles. The molecule has 90 valence electrons. The van der Waals surface area contributed by atoms with Crippen molar-refractivity contribution < 1.29 is 24.1 Å². The van der Waals surface area contributed by atoms with E-state index < -0.39 is 11.9 Å². The van der Waals surface area contributed by atoms with Gasteiger partial charge in [0.15, 0.2) is 6.29 Å². The monoisotopic (exact) mass is 220 g/mol. The normalized spacial score (nSPS) is 15.1. The standard InChI is InChI=1S/C10H20O5/c1-8(11)15-6-5-10(2,12)7-9(13-3)14-4/h9,12H,5-7H2,1-4H3. The van der Waals surface area contributed by atoms with Crippen LogP contribution in [-0.4, -0.2) is 43.8 Å². The summed E-state index contributed by atoms with van der Waals surface area (Å²) in [5, 5.41) is 9.91. The van der Waals surface area contributed by atoms with Crippen LogP contribution in [0.2, 0.25) is 0 Å². The number of aliphatic hydroxyl groups is 1. The average molecular weight is 220 g/mol. The molecule has 0 bridgehead atoms. The van der Waals surface area contributed by atoms with Crippen molar-refractivity contribution in [2.75, 3.05) is 20.8 Å². The first-order valence-electron chi connectivity index (χ1n) is 4.82. The lowest BCUT2D eigenvalue weighted by Gasteiger charge is -2.26. The molecule has 5 nitrogen and oxygen atoms in total. The highest BCUT2D eigenvalue weighted by Crippen LogP contribution is 2.18. The van der Waals surface area contributed by atoms with Crippen LogP contribution in [-0.2, 0) is 19.0 Å². The fourth-order valence-electron chi connectivity index (χ4n) is 1.14. The second kappa shape index (κ2) is 6.76. The quantitative estimate of drug-likeness (QED) is 0.505. The first-order chi connectivity index (χ1) is 6.91. The second-order valence-electron chi connectivity index (χ2n) is 3.69. The lowest BCUT2D eigenvalue weighted by atomic mass is 9.98. The molecule has 15 heavy (non-hydrogen) atoms. The Morgan fingerprint density at radius 1 is 1.40 bits per heavy atom. The first-order valence-corrected chi connectivity index (χ1v) is 4.82. The number of esters is 1. The summed E-state index contributed by atoms with van der Waals surface area (Å²) in [5.74, 6) is -0.346. The van der Waals surface area contributed by atoms with Gasteiger partial charge in [0.2, 0.25) is 0 Å². The zero-order valence-electron chi connectivity index (χ0n) is 9.78. The van der Waals surface area contributed by atoms with Gasteiger partial charge in [-0.2, -0.15) is 0 Å². The van der Waals surface area contributed by atoms with Crippen molar-refractivity contribution in [2.24, 2.45) is 0 Å². The summed E-state index contributed by atoms with van der Waals surface area (Å²) in [6.45, 7) is 3.19. The van der Waals surface area contributed by atoms with Crippen LogP contribution in [0.25, 0.3) is 0 Å². The Bertz CT molecular complexity index is 186. The Kier molecular flexibility index (Phi) is 6.47. The summed E-state index contributed by atoms with van der Waals surface area (Å²) >= 11 is 0. The van der Waals surface area contributed by atoms with Crippen LogP contribution in [0.3, 0.4) is 0 Å². The summed E-state index contributed by atoms with van der Waals surface area (Å²) in [4.78, 5) is 10.5. The van der Waals surface area contributed by atoms with E-state index in [2.05, 4.69) is 0 Å². The van der Waals surface area contributed by atoms with Crippen molar-refractivity contribution in [1.29, 1.82) is 0 Å². The van der Waals surface area contributed by atoms with Crippen LogP contribution in [0.1, 0.15) is 26.7 Å². The third-order valence-corrected chi connectivity index (χ3v) is 2.08. The van der Waals surface area contributed by atoms with Crippen molar-refractivity contribution in [3.05, 3.63) is 0 Å². The second-order valence-corrected chi connectivity index (χ2v) is 3.69. The van der Waals surface area contributed by atoms with Crippen LogP contribution in [0.4, 0.5) is 0 Å². The number of rotatable bonds is 7. The summed E-state index contributed by atoms with van der Waals surface area (Å²) in [5.41, 5.74) is -0.966. The molecule has 0 aromatic carbocycles. The third kappa shape index (κ3) is 7.30. The van der Waals surface area contributed by atoms with Gasteiger partial charge in [0, 0.05) is 34.0 Å². The number of methoxy groups -OCH3 is 2. The van der Waals surface area contributed by atoms with Crippen molar-refractivity contribution >= 4 is 5.97 Å². The van der Waals surface area contributed by atoms with Gasteiger partial charge in [-0.3, -0.25) is 4.79 Å². The molecule has 0 aromatic heterocycles. The molecule has 0 heterocycles. The fourth-order valence-corrected chi connectivity index (χ4v) is 1.14. The van der Waals surface area contributed by atoms with Gasteiger partial charge in [-0.1, -0.05) is 0 Å². The number of hydrogen-bond acceptors (Lipinski definition) is 5. The minimum Gasteiger partial charge on any atom is -0.466 e. The fraction of sp³-hybridized carbons (Fsp3) is 0.900. The minimum atomic E-state index is -0.966. The highest BCUT2D eigenvalue weighted by Gasteiger charge is 2.25. The molecule has 1 atom stereocenters. The molecule has 0 saturated carbocycles. The number of carbonyl (C=O) groups is 1. The zero-order valence-corrected chi connectivity index (χ0v) is 9.78. The number of hydrogen-bond donors (Lipinski definition) is 1. The van der Waals surface area contributed by atoms with Crippen LogP contribution in [0.15, 0.2) is 0 Å². The summed E-state index contributed by atoms with van der Waals surface area (Å²) in [7, 11) is 3.02. The topological polar surface area (TPSA) is 65.0 Å². The maximum Gasteiger partial charge on any atom is 0.302 e. The molecule has 0 aromatic rings. The number of carbonyl (C=O) groups excluding carboxylic acids is 1. The third-order valence-electron chi connectivity index (χ3n) is 2.08. The summed E-state index contributed by atoms with van der Waals surface area (Å²) in [6.07, 6.45) is 0.245. The van der Waals surface area contributed by atoms with Gasteiger partial charge in [-0.15, -0.1) is 0 Å². The van der Waals surface area contributed by atoms with Gasteiger partial charge in [0.25, 0.3) is 0 Å².